The van der Waals surface area contributed by atoms with Crippen molar-refractivity contribution in [2.24, 2.45) is 0 Å². The first kappa shape index (κ1) is 16.1. The SMILES string of the molecule is O=C(C[n+]1ccc2ccccc2c1)Nc1ccc2c(c1)OCO2.[Cl-]. The molecule has 0 unspecified atom stereocenters. The maximum absolute atomic E-state index is 12.2. The van der Waals surface area contributed by atoms with Gasteiger partial charge in [0.15, 0.2) is 23.9 Å². The van der Waals surface area contributed by atoms with Gasteiger partial charge in [-0.15, -0.1) is 0 Å². The molecule has 24 heavy (non-hydrogen) atoms. The molecule has 1 aliphatic heterocycles. The molecule has 1 aromatic heterocycles. The summed E-state index contributed by atoms with van der Waals surface area (Å²) in [6, 6.07) is 15.4. The van der Waals surface area contributed by atoms with Gasteiger partial charge in [-0.2, -0.15) is 4.57 Å². The van der Waals surface area contributed by atoms with Crippen LogP contribution in [0.2, 0.25) is 0 Å². The zero-order valence-electron chi connectivity index (χ0n) is 12.7. The van der Waals surface area contributed by atoms with E-state index in [1.165, 1.54) is 0 Å². The summed E-state index contributed by atoms with van der Waals surface area (Å²) < 4.78 is 12.4. The lowest BCUT2D eigenvalue weighted by molar-refractivity contribution is -0.682. The molecule has 0 bridgehead atoms. The molecule has 0 atom stereocenters. The van der Waals surface area contributed by atoms with Crippen LogP contribution in [0.25, 0.3) is 10.8 Å². The van der Waals surface area contributed by atoms with Gasteiger partial charge in [0.25, 0.3) is 5.91 Å². The Bertz CT molecular complexity index is 898. The van der Waals surface area contributed by atoms with Crippen LogP contribution in [-0.2, 0) is 11.3 Å². The summed E-state index contributed by atoms with van der Waals surface area (Å²) in [6.45, 7) is 0.471. The molecule has 0 saturated heterocycles. The molecule has 122 valence electrons. The number of hydrogen-bond donors (Lipinski definition) is 1. The molecule has 2 heterocycles. The van der Waals surface area contributed by atoms with Gasteiger partial charge in [0, 0.05) is 23.2 Å². The molecule has 4 rings (SSSR count). The molecule has 0 spiro atoms. The lowest BCUT2D eigenvalue weighted by atomic mass is 10.2. The smallest absolute Gasteiger partial charge is 0.290 e. The molecule has 3 aromatic rings. The fourth-order valence-electron chi connectivity index (χ4n) is 2.62. The molecular weight excluding hydrogens is 328 g/mol. The normalized spacial score (nSPS) is 11.8. The Kier molecular flexibility index (Phi) is 4.53. The number of ether oxygens (including phenoxy) is 2. The third-order valence-electron chi connectivity index (χ3n) is 3.73. The van der Waals surface area contributed by atoms with Gasteiger partial charge < -0.3 is 27.2 Å². The molecule has 2 aromatic carbocycles. The Morgan fingerprint density at radius 1 is 1.04 bits per heavy atom. The highest BCUT2D eigenvalue weighted by molar-refractivity contribution is 5.90. The van der Waals surface area contributed by atoms with Gasteiger partial charge >= 0.3 is 0 Å². The van der Waals surface area contributed by atoms with Crippen molar-refractivity contribution in [2.75, 3.05) is 12.1 Å². The van der Waals surface area contributed by atoms with Crippen LogP contribution in [0.5, 0.6) is 11.5 Å². The predicted octanol–water partition coefficient (Wildman–Crippen LogP) is -0.501. The summed E-state index contributed by atoms with van der Waals surface area (Å²) in [6.07, 6.45) is 3.87. The maximum Gasteiger partial charge on any atom is 0.290 e. The zero-order chi connectivity index (χ0) is 15.6. The zero-order valence-corrected chi connectivity index (χ0v) is 13.5. The predicted molar refractivity (Wildman–Crippen MR) is 85.3 cm³/mol. The Morgan fingerprint density at radius 3 is 2.71 bits per heavy atom. The molecule has 1 N–H and O–H groups in total. The van der Waals surface area contributed by atoms with Crippen LogP contribution < -0.4 is 31.8 Å². The highest BCUT2D eigenvalue weighted by Crippen LogP contribution is 2.34. The van der Waals surface area contributed by atoms with Gasteiger partial charge in [-0.1, -0.05) is 18.2 Å². The lowest BCUT2D eigenvalue weighted by Gasteiger charge is -2.04. The van der Waals surface area contributed by atoms with E-state index in [-0.39, 0.29) is 31.7 Å². The number of carbonyl (C=O) groups is 1. The molecule has 0 saturated carbocycles. The number of nitrogens with zero attached hydrogens (tertiary/aromatic N) is 1. The summed E-state index contributed by atoms with van der Waals surface area (Å²) >= 11 is 0. The van der Waals surface area contributed by atoms with Crippen molar-refractivity contribution in [3.05, 3.63) is 60.9 Å². The minimum atomic E-state index is -0.0934. The van der Waals surface area contributed by atoms with E-state index in [1.807, 2.05) is 47.3 Å². The molecular formula is C18H15ClN2O3. The van der Waals surface area contributed by atoms with E-state index in [4.69, 9.17) is 9.47 Å². The molecule has 6 heteroatoms. The highest BCUT2D eigenvalue weighted by Gasteiger charge is 2.15. The van der Waals surface area contributed by atoms with E-state index >= 15 is 0 Å². The lowest BCUT2D eigenvalue weighted by Crippen LogP contribution is -3.00. The van der Waals surface area contributed by atoms with Crippen LogP contribution in [0.3, 0.4) is 0 Å². The van der Waals surface area contributed by atoms with Crippen molar-refractivity contribution >= 4 is 22.4 Å². The van der Waals surface area contributed by atoms with Crippen LogP contribution in [0.15, 0.2) is 60.9 Å². The molecule has 0 radical (unpaired) electrons. The van der Waals surface area contributed by atoms with Gasteiger partial charge in [-0.3, -0.25) is 4.79 Å². The summed E-state index contributed by atoms with van der Waals surface area (Å²) in [5.41, 5.74) is 0.695. The molecule has 0 aliphatic carbocycles. The Hall–Kier alpha value is -2.79. The monoisotopic (exact) mass is 342 g/mol. The first-order valence-corrected chi connectivity index (χ1v) is 7.35. The van der Waals surface area contributed by atoms with E-state index in [0.29, 0.717) is 17.2 Å². The Labute approximate surface area is 145 Å². The fraction of sp³-hybridized carbons (Fsp3) is 0.111. The van der Waals surface area contributed by atoms with E-state index in [9.17, 15) is 4.79 Å². The standard InChI is InChI=1S/C18H14N2O3.ClH/c21-18(19-15-5-6-16-17(9-15)23-12-22-16)11-20-8-7-13-3-1-2-4-14(13)10-20;/h1-10H,11-12H2;1H. The third-order valence-corrected chi connectivity index (χ3v) is 3.73. The molecule has 1 amide bonds. The van der Waals surface area contributed by atoms with Gasteiger partial charge in [-0.25, -0.2) is 0 Å². The van der Waals surface area contributed by atoms with E-state index in [2.05, 4.69) is 5.32 Å². The fourth-order valence-corrected chi connectivity index (χ4v) is 2.62. The van der Waals surface area contributed by atoms with Gasteiger partial charge in [-0.05, 0) is 23.6 Å². The Balaban J connectivity index is 0.00000169. The van der Waals surface area contributed by atoms with Crippen molar-refractivity contribution in [3.63, 3.8) is 0 Å². The second-order valence-corrected chi connectivity index (χ2v) is 5.36. The summed E-state index contributed by atoms with van der Waals surface area (Å²) in [7, 11) is 0. The summed E-state index contributed by atoms with van der Waals surface area (Å²) in [4.78, 5) is 12.2. The minimum absolute atomic E-state index is 0. The van der Waals surface area contributed by atoms with Crippen LogP contribution >= 0.6 is 0 Å². The van der Waals surface area contributed by atoms with Crippen LogP contribution in [0, 0.1) is 0 Å². The number of rotatable bonds is 3. The number of fused-ring (bicyclic) bond motifs is 2. The van der Waals surface area contributed by atoms with Crippen molar-refractivity contribution in [1.82, 2.24) is 0 Å². The minimum Gasteiger partial charge on any atom is -1.00 e. The number of aromatic nitrogens is 1. The van der Waals surface area contributed by atoms with E-state index in [1.54, 1.807) is 18.2 Å². The van der Waals surface area contributed by atoms with Gasteiger partial charge in [0.2, 0.25) is 13.3 Å². The second-order valence-electron chi connectivity index (χ2n) is 5.36. The number of halogens is 1. The summed E-state index contributed by atoms with van der Waals surface area (Å²) in [5.74, 6) is 1.26. The number of benzene rings is 2. The first-order valence-electron chi connectivity index (χ1n) is 7.35. The van der Waals surface area contributed by atoms with E-state index in [0.717, 1.165) is 10.8 Å². The van der Waals surface area contributed by atoms with Gasteiger partial charge in [0.1, 0.15) is 0 Å². The molecule has 1 aliphatic rings. The van der Waals surface area contributed by atoms with Crippen molar-refractivity contribution in [2.45, 2.75) is 6.54 Å². The van der Waals surface area contributed by atoms with Crippen molar-refractivity contribution in [3.8, 4) is 11.5 Å². The summed E-state index contributed by atoms with van der Waals surface area (Å²) in [5, 5.41) is 5.13. The third kappa shape index (κ3) is 3.26. The van der Waals surface area contributed by atoms with Gasteiger partial charge in [0.05, 0.1) is 0 Å². The second kappa shape index (κ2) is 6.76. The van der Waals surface area contributed by atoms with E-state index < -0.39 is 0 Å². The largest absolute Gasteiger partial charge is 1.00 e. The number of carbonyl (C=O) groups excluding carboxylic acids is 1. The average molecular weight is 343 g/mol. The number of pyridine rings is 1. The average Bonchev–Trinajstić information content (AvgIpc) is 3.02. The molecule has 0 fully saturated rings. The topological polar surface area (TPSA) is 51.4 Å². The van der Waals surface area contributed by atoms with Crippen LogP contribution in [-0.4, -0.2) is 12.7 Å². The number of anilines is 1. The highest BCUT2D eigenvalue weighted by atomic mass is 35.5. The first-order chi connectivity index (χ1) is 11.3. The Morgan fingerprint density at radius 2 is 1.83 bits per heavy atom. The maximum atomic E-state index is 12.2. The van der Waals surface area contributed by atoms with Crippen LogP contribution in [0.1, 0.15) is 0 Å². The molecule has 5 nitrogen and oxygen atoms in total. The van der Waals surface area contributed by atoms with Crippen molar-refractivity contribution in [1.29, 1.82) is 0 Å². The van der Waals surface area contributed by atoms with Crippen LogP contribution in [0.4, 0.5) is 5.69 Å². The number of hydrogen-bond acceptors (Lipinski definition) is 3. The van der Waals surface area contributed by atoms with Crippen molar-refractivity contribution < 1.29 is 31.2 Å². The number of amides is 1. The number of nitrogens with one attached hydrogen (secondary N) is 1. The quantitative estimate of drug-likeness (QED) is 0.653.